The van der Waals surface area contributed by atoms with Crippen molar-refractivity contribution in [3.8, 4) is 0 Å². The quantitative estimate of drug-likeness (QED) is 0.907. The summed E-state index contributed by atoms with van der Waals surface area (Å²) in [5, 5.41) is 0. The Labute approximate surface area is 121 Å². The SMILES string of the molecule is Cc1ccc(N(C)Cc2ccoc2C)c(CC(C)N)c1. The van der Waals surface area contributed by atoms with E-state index in [0.717, 1.165) is 18.7 Å². The number of hydrogen-bond acceptors (Lipinski definition) is 3. The van der Waals surface area contributed by atoms with E-state index in [4.69, 9.17) is 10.2 Å². The smallest absolute Gasteiger partial charge is 0.105 e. The first-order chi connectivity index (χ1) is 9.47. The summed E-state index contributed by atoms with van der Waals surface area (Å²) in [4.78, 5) is 2.26. The maximum Gasteiger partial charge on any atom is 0.105 e. The Balaban J connectivity index is 2.24. The molecule has 1 atom stereocenters. The van der Waals surface area contributed by atoms with Gasteiger partial charge in [-0.25, -0.2) is 0 Å². The summed E-state index contributed by atoms with van der Waals surface area (Å²) in [6.45, 7) is 7.01. The lowest BCUT2D eigenvalue weighted by Crippen LogP contribution is -2.22. The molecule has 2 N–H and O–H groups in total. The fourth-order valence-corrected chi connectivity index (χ4v) is 2.51. The Morgan fingerprint density at radius 2 is 1.95 bits per heavy atom. The molecule has 0 fully saturated rings. The number of anilines is 1. The largest absolute Gasteiger partial charge is 0.469 e. The number of rotatable bonds is 5. The van der Waals surface area contributed by atoms with Crippen LogP contribution in [0.3, 0.4) is 0 Å². The Morgan fingerprint density at radius 3 is 2.55 bits per heavy atom. The summed E-state index contributed by atoms with van der Waals surface area (Å²) in [7, 11) is 2.11. The van der Waals surface area contributed by atoms with Crippen molar-refractivity contribution in [1.82, 2.24) is 0 Å². The van der Waals surface area contributed by atoms with Gasteiger partial charge in [0.2, 0.25) is 0 Å². The maximum atomic E-state index is 5.97. The lowest BCUT2D eigenvalue weighted by molar-refractivity contribution is 0.529. The molecule has 0 radical (unpaired) electrons. The summed E-state index contributed by atoms with van der Waals surface area (Å²) >= 11 is 0. The van der Waals surface area contributed by atoms with Gasteiger partial charge in [-0.05, 0) is 44.9 Å². The minimum Gasteiger partial charge on any atom is -0.469 e. The molecule has 1 aromatic heterocycles. The van der Waals surface area contributed by atoms with Crippen molar-refractivity contribution in [2.24, 2.45) is 5.73 Å². The van der Waals surface area contributed by atoms with E-state index >= 15 is 0 Å². The normalized spacial score (nSPS) is 12.4. The van der Waals surface area contributed by atoms with Gasteiger partial charge in [0.15, 0.2) is 0 Å². The molecule has 0 saturated heterocycles. The summed E-state index contributed by atoms with van der Waals surface area (Å²) in [5.41, 5.74) is 11.0. The first-order valence-corrected chi connectivity index (χ1v) is 7.06. The van der Waals surface area contributed by atoms with Crippen molar-refractivity contribution in [3.05, 3.63) is 53.0 Å². The van der Waals surface area contributed by atoms with Gasteiger partial charge in [-0.2, -0.15) is 0 Å². The molecular formula is C17H24N2O. The molecular weight excluding hydrogens is 248 g/mol. The highest BCUT2D eigenvalue weighted by Crippen LogP contribution is 2.24. The molecule has 2 aromatic rings. The molecule has 3 heteroatoms. The molecule has 108 valence electrons. The van der Waals surface area contributed by atoms with Crippen LogP contribution in [0.1, 0.15) is 29.4 Å². The minimum absolute atomic E-state index is 0.166. The van der Waals surface area contributed by atoms with E-state index in [0.29, 0.717) is 0 Å². The average Bonchev–Trinajstić information content (AvgIpc) is 2.74. The van der Waals surface area contributed by atoms with Crippen molar-refractivity contribution < 1.29 is 4.42 Å². The molecule has 0 bridgehead atoms. The first kappa shape index (κ1) is 14.7. The first-order valence-electron chi connectivity index (χ1n) is 7.06. The van der Waals surface area contributed by atoms with E-state index in [1.165, 1.54) is 22.4 Å². The van der Waals surface area contributed by atoms with Crippen molar-refractivity contribution >= 4 is 5.69 Å². The highest BCUT2D eigenvalue weighted by atomic mass is 16.3. The summed E-state index contributed by atoms with van der Waals surface area (Å²) in [6.07, 6.45) is 2.64. The Kier molecular flexibility index (Phi) is 4.50. The molecule has 1 unspecified atom stereocenters. The maximum absolute atomic E-state index is 5.97. The van der Waals surface area contributed by atoms with Crippen LogP contribution in [0.15, 0.2) is 34.9 Å². The van der Waals surface area contributed by atoms with Crippen molar-refractivity contribution in [2.45, 2.75) is 39.8 Å². The lowest BCUT2D eigenvalue weighted by atomic mass is 10.0. The molecule has 1 aromatic carbocycles. The van der Waals surface area contributed by atoms with E-state index < -0.39 is 0 Å². The third-order valence-corrected chi connectivity index (χ3v) is 3.56. The van der Waals surface area contributed by atoms with Crippen LogP contribution in [0.25, 0.3) is 0 Å². The van der Waals surface area contributed by atoms with E-state index in [1.54, 1.807) is 6.26 Å². The van der Waals surface area contributed by atoms with Gasteiger partial charge in [0.05, 0.1) is 6.26 Å². The van der Waals surface area contributed by atoms with Gasteiger partial charge in [0, 0.05) is 30.9 Å². The Morgan fingerprint density at radius 1 is 1.20 bits per heavy atom. The van der Waals surface area contributed by atoms with Crippen LogP contribution in [0.5, 0.6) is 0 Å². The van der Waals surface area contributed by atoms with E-state index in [-0.39, 0.29) is 6.04 Å². The number of hydrogen-bond donors (Lipinski definition) is 1. The Hall–Kier alpha value is -1.74. The van der Waals surface area contributed by atoms with Gasteiger partial charge in [-0.15, -0.1) is 0 Å². The van der Waals surface area contributed by atoms with E-state index in [2.05, 4.69) is 37.1 Å². The second kappa shape index (κ2) is 6.14. The van der Waals surface area contributed by atoms with Crippen molar-refractivity contribution in [3.63, 3.8) is 0 Å². The number of nitrogens with zero attached hydrogens (tertiary/aromatic N) is 1. The molecule has 20 heavy (non-hydrogen) atoms. The van der Waals surface area contributed by atoms with Crippen molar-refractivity contribution in [1.29, 1.82) is 0 Å². The number of aryl methyl sites for hydroxylation is 2. The monoisotopic (exact) mass is 272 g/mol. The molecule has 0 saturated carbocycles. The standard InChI is InChI=1S/C17H24N2O/c1-12-5-6-17(16(9-12)10-13(2)18)19(4)11-15-7-8-20-14(15)3/h5-9,13H,10-11,18H2,1-4H3. The molecule has 0 amide bonds. The zero-order valence-electron chi connectivity index (χ0n) is 12.8. The fraction of sp³-hybridized carbons (Fsp3) is 0.412. The molecule has 2 rings (SSSR count). The van der Waals surface area contributed by atoms with Gasteiger partial charge in [0.1, 0.15) is 5.76 Å². The topological polar surface area (TPSA) is 42.4 Å². The average molecular weight is 272 g/mol. The predicted octanol–water partition coefficient (Wildman–Crippen LogP) is 3.42. The van der Waals surface area contributed by atoms with Crippen LogP contribution in [0.2, 0.25) is 0 Å². The second-order valence-electron chi connectivity index (χ2n) is 5.67. The van der Waals surface area contributed by atoms with Gasteiger partial charge < -0.3 is 15.1 Å². The fourth-order valence-electron chi connectivity index (χ4n) is 2.51. The van der Waals surface area contributed by atoms with Crippen LogP contribution in [-0.4, -0.2) is 13.1 Å². The zero-order chi connectivity index (χ0) is 14.7. The summed E-state index contributed by atoms with van der Waals surface area (Å²) < 4.78 is 5.37. The van der Waals surface area contributed by atoms with Crippen LogP contribution in [0.4, 0.5) is 5.69 Å². The minimum atomic E-state index is 0.166. The van der Waals surface area contributed by atoms with E-state index in [1.807, 2.05) is 19.9 Å². The third kappa shape index (κ3) is 3.42. The Bertz CT molecular complexity index is 572. The molecule has 0 aliphatic rings. The molecule has 0 aliphatic carbocycles. The molecule has 3 nitrogen and oxygen atoms in total. The van der Waals surface area contributed by atoms with Gasteiger partial charge in [-0.1, -0.05) is 17.7 Å². The zero-order valence-corrected chi connectivity index (χ0v) is 12.8. The van der Waals surface area contributed by atoms with Crippen LogP contribution >= 0.6 is 0 Å². The molecule has 0 aliphatic heterocycles. The highest BCUT2D eigenvalue weighted by molar-refractivity contribution is 5.55. The second-order valence-corrected chi connectivity index (χ2v) is 5.67. The van der Waals surface area contributed by atoms with Crippen molar-refractivity contribution in [2.75, 3.05) is 11.9 Å². The van der Waals surface area contributed by atoms with E-state index in [9.17, 15) is 0 Å². The third-order valence-electron chi connectivity index (χ3n) is 3.56. The molecule has 0 spiro atoms. The summed E-state index contributed by atoms with van der Waals surface area (Å²) in [5.74, 6) is 0.984. The van der Waals surface area contributed by atoms with Crippen LogP contribution in [-0.2, 0) is 13.0 Å². The highest BCUT2D eigenvalue weighted by Gasteiger charge is 2.11. The van der Waals surface area contributed by atoms with Gasteiger partial charge >= 0.3 is 0 Å². The van der Waals surface area contributed by atoms with Gasteiger partial charge in [-0.3, -0.25) is 0 Å². The lowest BCUT2D eigenvalue weighted by Gasteiger charge is -2.23. The summed E-state index contributed by atoms with van der Waals surface area (Å²) in [6, 6.07) is 8.77. The number of furan rings is 1. The van der Waals surface area contributed by atoms with Gasteiger partial charge in [0.25, 0.3) is 0 Å². The van der Waals surface area contributed by atoms with Crippen LogP contribution < -0.4 is 10.6 Å². The molecule has 1 heterocycles. The predicted molar refractivity (Wildman–Crippen MR) is 84.1 cm³/mol. The number of nitrogens with two attached hydrogens (primary N) is 1. The van der Waals surface area contributed by atoms with Crippen LogP contribution in [0, 0.1) is 13.8 Å². The number of benzene rings is 1.